The zero-order valence-corrected chi connectivity index (χ0v) is 10.3. The van der Waals surface area contributed by atoms with Crippen LogP contribution in [0.1, 0.15) is 0 Å². The van der Waals surface area contributed by atoms with Crippen molar-refractivity contribution in [1.82, 2.24) is 14.9 Å². The van der Waals surface area contributed by atoms with Crippen molar-refractivity contribution in [2.75, 3.05) is 25.1 Å². The van der Waals surface area contributed by atoms with Crippen molar-refractivity contribution >= 4 is 26.0 Å². The number of hydrogen-bond donors (Lipinski definition) is 2. The first kappa shape index (κ1) is 12.6. The van der Waals surface area contributed by atoms with E-state index in [9.17, 15) is 8.42 Å². The highest BCUT2D eigenvalue weighted by molar-refractivity contribution is 9.09. The fourth-order valence-corrected chi connectivity index (χ4v) is 2.02. The van der Waals surface area contributed by atoms with Crippen molar-refractivity contribution in [3.8, 4) is 0 Å². The van der Waals surface area contributed by atoms with Gasteiger partial charge in [-0.1, -0.05) is 15.9 Å². The van der Waals surface area contributed by atoms with Gasteiger partial charge in [0.05, 0.1) is 19.4 Å². The van der Waals surface area contributed by atoms with E-state index < -0.39 is 10.0 Å². The number of nitrogens with one attached hydrogen (secondary N) is 2. The molecule has 0 spiro atoms. The summed E-state index contributed by atoms with van der Waals surface area (Å²) >= 11 is 3.20. The van der Waals surface area contributed by atoms with E-state index in [2.05, 4.69) is 30.8 Å². The predicted molar refractivity (Wildman–Crippen MR) is 58.4 cm³/mol. The number of hydrogen-bond acceptors (Lipinski definition) is 4. The second-order valence-electron chi connectivity index (χ2n) is 2.62. The third-order valence-electron chi connectivity index (χ3n) is 1.52. The Labute approximate surface area is 96.6 Å². The smallest absolute Gasteiger partial charge is 0.257 e. The van der Waals surface area contributed by atoms with Gasteiger partial charge < -0.3 is 4.74 Å². The lowest BCUT2D eigenvalue weighted by Crippen LogP contribution is -2.28. The topological polar surface area (TPSA) is 84.1 Å². The average molecular weight is 298 g/mol. The van der Waals surface area contributed by atoms with Crippen LogP contribution in [-0.4, -0.2) is 43.7 Å². The highest BCUT2D eigenvalue weighted by Crippen LogP contribution is 2.01. The molecule has 1 heterocycles. The minimum atomic E-state index is -3.46. The zero-order valence-electron chi connectivity index (χ0n) is 7.94. The number of aromatic amines is 1. The molecule has 15 heavy (non-hydrogen) atoms. The Morgan fingerprint density at radius 1 is 1.53 bits per heavy atom. The quantitative estimate of drug-likeness (QED) is 0.552. The van der Waals surface area contributed by atoms with Gasteiger partial charge >= 0.3 is 0 Å². The van der Waals surface area contributed by atoms with Gasteiger partial charge in [0.2, 0.25) is 0 Å². The maximum absolute atomic E-state index is 11.5. The molecule has 0 aliphatic heterocycles. The van der Waals surface area contributed by atoms with Gasteiger partial charge in [-0.25, -0.2) is 13.1 Å². The van der Waals surface area contributed by atoms with Crippen molar-refractivity contribution in [3.63, 3.8) is 0 Å². The molecule has 0 fully saturated rings. The van der Waals surface area contributed by atoms with Gasteiger partial charge in [-0.3, -0.25) is 5.10 Å². The van der Waals surface area contributed by atoms with Gasteiger partial charge in [0.15, 0.2) is 5.03 Å². The first-order valence-corrected chi connectivity index (χ1v) is 6.90. The van der Waals surface area contributed by atoms with Crippen LogP contribution in [0.2, 0.25) is 0 Å². The molecule has 6 nitrogen and oxygen atoms in total. The Hall–Kier alpha value is -0.440. The molecule has 0 radical (unpaired) electrons. The Morgan fingerprint density at radius 3 is 2.93 bits per heavy atom. The molecule has 1 aromatic rings. The van der Waals surface area contributed by atoms with Crippen LogP contribution in [0.4, 0.5) is 0 Å². The largest absolute Gasteiger partial charge is 0.379 e. The highest BCUT2D eigenvalue weighted by atomic mass is 79.9. The summed E-state index contributed by atoms with van der Waals surface area (Å²) in [5.74, 6) is 0. The third-order valence-corrected chi connectivity index (χ3v) is 3.24. The Bertz CT molecular complexity index is 365. The molecule has 1 rings (SSSR count). The van der Waals surface area contributed by atoms with Crippen LogP contribution < -0.4 is 4.72 Å². The molecular formula is C7H12BrN3O3S. The second-order valence-corrected chi connectivity index (χ2v) is 5.15. The lowest BCUT2D eigenvalue weighted by Gasteiger charge is -2.04. The Morgan fingerprint density at radius 2 is 2.33 bits per heavy atom. The van der Waals surface area contributed by atoms with Crippen LogP contribution in [0.15, 0.2) is 17.3 Å². The van der Waals surface area contributed by atoms with Crippen LogP contribution in [0, 0.1) is 0 Å². The molecule has 0 bridgehead atoms. The summed E-state index contributed by atoms with van der Waals surface area (Å²) in [6, 6.07) is 1.39. The first-order valence-electron chi connectivity index (χ1n) is 4.29. The van der Waals surface area contributed by atoms with Crippen molar-refractivity contribution < 1.29 is 13.2 Å². The zero-order chi connectivity index (χ0) is 11.1. The minimum absolute atomic E-state index is 0.0583. The van der Waals surface area contributed by atoms with Gasteiger partial charge in [0.1, 0.15) is 0 Å². The molecule has 1 aromatic heterocycles. The Kier molecular flexibility index (Phi) is 5.23. The van der Waals surface area contributed by atoms with Gasteiger partial charge in [0.25, 0.3) is 10.0 Å². The third kappa shape index (κ3) is 4.29. The van der Waals surface area contributed by atoms with Gasteiger partial charge in [-0.15, -0.1) is 0 Å². The van der Waals surface area contributed by atoms with Crippen LogP contribution >= 0.6 is 15.9 Å². The van der Waals surface area contributed by atoms with Crippen LogP contribution in [-0.2, 0) is 14.8 Å². The van der Waals surface area contributed by atoms with Gasteiger partial charge in [-0.2, -0.15) is 5.10 Å². The molecular weight excluding hydrogens is 286 g/mol. The normalized spacial score (nSPS) is 11.8. The van der Waals surface area contributed by atoms with E-state index in [-0.39, 0.29) is 11.6 Å². The van der Waals surface area contributed by atoms with Crippen LogP contribution in [0.5, 0.6) is 0 Å². The predicted octanol–water partition coefficient (Wildman–Crippen LogP) is 0.0995. The lowest BCUT2D eigenvalue weighted by molar-refractivity contribution is 0.156. The van der Waals surface area contributed by atoms with Crippen LogP contribution in [0.25, 0.3) is 0 Å². The van der Waals surface area contributed by atoms with E-state index in [0.29, 0.717) is 13.2 Å². The number of aromatic nitrogens is 2. The summed E-state index contributed by atoms with van der Waals surface area (Å²) < 4.78 is 30.4. The van der Waals surface area contributed by atoms with Gasteiger partial charge in [-0.05, 0) is 6.07 Å². The van der Waals surface area contributed by atoms with E-state index >= 15 is 0 Å². The van der Waals surface area contributed by atoms with E-state index in [1.807, 2.05) is 0 Å². The molecule has 2 N–H and O–H groups in total. The summed E-state index contributed by atoms with van der Waals surface area (Å²) in [5.41, 5.74) is 0. The number of alkyl halides is 1. The summed E-state index contributed by atoms with van der Waals surface area (Å²) in [7, 11) is -3.46. The molecule has 8 heteroatoms. The van der Waals surface area contributed by atoms with Crippen LogP contribution in [0.3, 0.4) is 0 Å². The molecule has 0 aliphatic carbocycles. The van der Waals surface area contributed by atoms with E-state index in [0.717, 1.165) is 5.33 Å². The van der Waals surface area contributed by atoms with Crippen molar-refractivity contribution in [2.45, 2.75) is 5.03 Å². The van der Waals surface area contributed by atoms with Crippen molar-refractivity contribution in [1.29, 1.82) is 0 Å². The van der Waals surface area contributed by atoms with E-state index in [4.69, 9.17) is 4.74 Å². The summed E-state index contributed by atoms with van der Waals surface area (Å²) in [6.45, 7) is 1.15. The minimum Gasteiger partial charge on any atom is -0.379 e. The number of H-pyrrole nitrogens is 1. The molecule has 0 unspecified atom stereocenters. The monoisotopic (exact) mass is 297 g/mol. The molecule has 0 atom stereocenters. The molecule has 0 aromatic carbocycles. The van der Waals surface area contributed by atoms with Crippen molar-refractivity contribution in [3.05, 3.63) is 12.3 Å². The molecule has 0 saturated carbocycles. The molecule has 0 amide bonds. The standard InChI is InChI=1S/C7H12BrN3O3S/c8-2-5-14-6-4-10-15(12,13)7-1-3-9-11-7/h1,3,10H,2,4-6H2,(H,9,11). The molecule has 86 valence electrons. The maximum atomic E-state index is 11.5. The van der Waals surface area contributed by atoms with Crippen molar-refractivity contribution in [2.24, 2.45) is 0 Å². The summed E-state index contributed by atoms with van der Waals surface area (Å²) in [4.78, 5) is 0. The molecule has 0 aliphatic rings. The number of nitrogens with zero attached hydrogens (tertiary/aromatic N) is 1. The number of sulfonamides is 1. The summed E-state index contributed by atoms with van der Waals surface area (Å²) in [5, 5.41) is 6.74. The molecule has 0 saturated heterocycles. The highest BCUT2D eigenvalue weighted by Gasteiger charge is 2.13. The fraction of sp³-hybridized carbons (Fsp3) is 0.571. The fourth-order valence-electron chi connectivity index (χ4n) is 0.875. The number of rotatable bonds is 7. The second kappa shape index (κ2) is 6.21. The number of halogens is 1. The maximum Gasteiger partial charge on any atom is 0.257 e. The lowest BCUT2D eigenvalue weighted by atomic mass is 10.7. The first-order chi connectivity index (χ1) is 7.17. The summed E-state index contributed by atoms with van der Waals surface area (Å²) in [6.07, 6.45) is 1.38. The SMILES string of the molecule is O=S(=O)(NCCOCCBr)c1ccn[nH]1. The Balaban J connectivity index is 2.32. The average Bonchev–Trinajstić information content (AvgIpc) is 2.70. The van der Waals surface area contributed by atoms with E-state index in [1.165, 1.54) is 12.3 Å². The van der Waals surface area contributed by atoms with E-state index in [1.54, 1.807) is 0 Å². The van der Waals surface area contributed by atoms with Gasteiger partial charge in [0, 0.05) is 11.9 Å². The number of ether oxygens (including phenoxy) is 1.